The lowest BCUT2D eigenvalue weighted by Crippen LogP contribution is -1.95. The number of fused-ring (bicyclic) bond motifs is 1. The minimum absolute atomic E-state index is 0.0367. The van der Waals surface area contributed by atoms with Crippen LogP contribution in [0.2, 0.25) is 0 Å². The van der Waals surface area contributed by atoms with Crippen LogP contribution in [-0.4, -0.2) is 20.9 Å². The number of aryl methyl sites for hydroxylation is 1. The summed E-state index contributed by atoms with van der Waals surface area (Å²) in [5.74, 6) is -0.962. The minimum atomic E-state index is -0.746. The summed E-state index contributed by atoms with van der Waals surface area (Å²) in [7, 11) is 0. The van der Waals surface area contributed by atoms with Gasteiger partial charge in [-0.1, -0.05) is 22.0 Å². The summed E-state index contributed by atoms with van der Waals surface area (Å²) >= 11 is 3.37. The molecular weight excluding hydrogens is 392 g/mol. The predicted octanol–water partition coefficient (Wildman–Crippen LogP) is 4.78. The highest BCUT2D eigenvalue weighted by Gasteiger charge is 2.15. The Morgan fingerprint density at radius 3 is 2.80 bits per heavy atom. The molecule has 0 bridgehead atoms. The zero-order chi connectivity index (χ0) is 18.1. The molecule has 8 nitrogen and oxygen atoms in total. The number of halogens is 1. The number of nitro groups is 1. The number of benzene rings is 2. The van der Waals surface area contributed by atoms with Crippen LogP contribution < -0.4 is 0 Å². The van der Waals surface area contributed by atoms with Gasteiger partial charge in [-0.15, -0.1) is 10.2 Å². The Morgan fingerprint density at radius 1 is 1.32 bits per heavy atom. The molecule has 2 N–H and O–H groups in total. The average molecular weight is 403 g/mol. The Hall–Kier alpha value is -3.07. The molecule has 0 saturated carbocycles. The monoisotopic (exact) mass is 402 g/mol. The van der Waals surface area contributed by atoms with Crippen molar-refractivity contribution in [3.8, 4) is 5.88 Å². The molecule has 1 aromatic heterocycles. The van der Waals surface area contributed by atoms with Gasteiger partial charge in [0.1, 0.15) is 0 Å². The van der Waals surface area contributed by atoms with E-state index in [2.05, 4.69) is 31.1 Å². The van der Waals surface area contributed by atoms with Crippen molar-refractivity contribution in [3.63, 3.8) is 0 Å². The van der Waals surface area contributed by atoms with Crippen LogP contribution in [0.3, 0.4) is 0 Å². The number of H-pyrrole nitrogens is 1. The topological polar surface area (TPSA) is 121 Å². The molecular formula is C16H11BrN4O4. The van der Waals surface area contributed by atoms with Crippen LogP contribution >= 0.6 is 15.9 Å². The van der Waals surface area contributed by atoms with E-state index in [1.165, 1.54) is 18.2 Å². The third kappa shape index (κ3) is 3.26. The van der Waals surface area contributed by atoms with E-state index in [0.29, 0.717) is 10.9 Å². The van der Waals surface area contributed by atoms with Crippen molar-refractivity contribution in [1.29, 1.82) is 0 Å². The number of hydrogen-bond acceptors (Lipinski definition) is 5. The van der Waals surface area contributed by atoms with Gasteiger partial charge in [-0.25, -0.2) is 0 Å². The fourth-order valence-corrected chi connectivity index (χ4v) is 2.98. The van der Waals surface area contributed by atoms with E-state index in [9.17, 15) is 20.0 Å². The van der Waals surface area contributed by atoms with Crippen LogP contribution in [0, 0.1) is 17.0 Å². The number of azo groups is 1. The standard InChI is InChI=1S/C16H11BrN4O4/c1-8-5-10(17)7-12-13(8)18-16(23)14(12)19-20-15(22)9-3-2-4-11(6-9)21(24)25/h2-7,18,23H,1H3. The number of amides is 1. The maximum atomic E-state index is 12.1. The molecule has 1 amide bonds. The minimum Gasteiger partial charge on any atom is -0.493 e. The van der Waals surface area contributed by atoms with Gasteiger partial charge in [0.15, 0.2) is 5.69 Å². The van der Waals surface area contributed by atoms with E-state index in [4.69, 9.17) is 0 Å². The average Bonchev–Trinajstić information content (AvgIpc) is 2.88. The van der Waals surface area contributed by atoms with Gasteiger partial charge in [0.2, 0.25) is 5.88 Å². The summed E-state index contributed by atoms with van der Waals surface area (Å²) in [5, 5.41) is 28.8. The van der Waals surface area contributed by atoms with Gasteiger partial charge in [0, 0.05) is 22.0 Å². The fourth-order valence-electron chi connectivity index (χ4n) is 2.41. The van der Waals surface area contributed by atoms with Crippen molar-refractivity contribution in [2.24, 2.45) is 10.2 Å². The number of nitrogens with one attached hydrogen (secondary N) is 1. The van der Waals surface area contributed by atoms with Crippen molar-refractivity contribution in [2.75, 3.05) is 0 Å². The quantitative estimate of drug-likeness (QED) is 0.371. The maximum Gasteiger partial charge on any atom is 0.295 e. The second-order valence-corrected chi connectivity index (χ2v) is 6.20. The van der Waals surface area contributed by atoms with Crippen molar-refractivity contribution < 1.29 is 14.8 Å². The van der Waals surface area contributed by atoms with E-state index < -0.39 is 10.8 Å². The van der Waals surface area contributed by atoms with E-state index in [1.54, 1.807) is 6.07 Å². The second-order valence-electron chi connectivity index (χ2n) is 5.28. The molecule has 0 unspecified atom stereocenters. The van der Waals surface area contributed by atoms with Crippen LogP contribution in [0.1, 0.15) is 15.9 Å². The molecule has 0 aliphatic carbocycles. The maximum absolute atomic E-state index is 12.1. The first-order valence-electron chi connectivity index (χ1n) is 7.08. The van der Waals surface area contributed by atoms with Crippen LogP contribution in [0.4, 0.5) is 11.4 Å². The van der Waals surface area contributed by atoms with Gasteiger partial charge >= 0.3 is 0 Å². The van der Waals surface area contributed by atoms with Crippen LogP contribution in [0.25, 0.3) is 10.9 Å². The van der Waals surface area contributed by atoms with Crippen molar-refractivity contribution in [1.82, 2.24) is 4.98 Å². The molecule has 0 aliphatic rings. The lowest BCUT2D eigenvalue weighted by Gasteiger charge is -1.98. The number of aromatic nitrogens is 1. The number of nitro benzene ring substituents is 1. The lowest BCUT2D eigenvalue weighted by molar-refractivity contribution is -0.384. The lowest BCUT2D eigenvalue weighted by atomic mass is 10.1. The Morgan fingerprint density at radius 2 is 2.08 bits per heavy atom. The molecule has 9 heteroatoms. The zero-order valence-corrected chi connectivity index (χ0v) is 14.4. The normalized spacial score (nSPS) is 11.3. The number of carbonyl (C=O) groups is 1. The molecule has 1 heterocycles. The zero-order valence-electron chi connectivity index (χ0n) is 12.9. The van der Waals surface area contributed by atoms with Gasteiger partial charge in [-0.3, -0.25) is 14.9 Å². The van der Waals surface area contributed by atoms with Crippen LogP contribution in [0.15, 0.2) is 51.1 Å². The van der Waals surface area contributed by atoms with E-state index in [-0.39, 0.29) is 22.8 Å². The highest BCUT2D eigenvalue weighted by atomic mass is 79.9. The molecule has 0 radical (unpaired) electrons. The molecule has 0 atom stereocenters. The van der Waals surface area contributed by atoms with Crippen LogP contribution in [-0.2, 0) is 0 Å². The molecule has 0 aliphatic heterocycles. The third-order valence-corrected chi connectivity index (χ3v) is 4.03. The SMILES string of the molecule is Cc1cc(Br)cc2c(N=NC(=O)c3cccc([N+](=O)[O-])c3)c(O)[nH]c12. The summed E-state index contributed by atoms with van der Waals surface area (Å²) in [5.41, 5.74) is 1.51. The molecule has 0 spiro atoms. The summed E-state index contributed by atoms with van der Waals surface area (Å²) in [4.78, 5) is 25.1. The van der Waals surface area contributed by atoms with Gasteiger partial charge in [-0.05, 0) is 30.7 Å². The number of carbonyl (C=O) groups excluding carboxylic acids is 1. The summed E-state index contributed by atoms with van der Waals surface area (Å²) in [6.45, 7) is 1.86. The summed E-state index contributed by atoms with van der Waals surface area (Å²) in [6.07, 6.45) is 0. The van der Waals surface area contributed by atoms with Gasteiger partial charge < -0.3 is 10.1 Å². The Balaban J connectivity index is 1.98. The smallest absolute Gasteiger partial charge is 0.295 e. The van der Waals surface area contributed by atoms with E-state index in [1.807, 2.05) is 13.0 Å². The van der Waals surface area contributed by atoms with Crippen LogP contribution in [0.5, 0.6) is 5.88 Å². The van der Waals surface area contributed by atoms with Gasteiger partial charge in [-0.2, -0.15) is 0 Å². The summed E-state index contributed by atoms with van der Waals surface area (Å²) < 4.78 is 0.790. The van der Waals surface area contributed by atoms with Crippen molar-refractivity contribution >= 4 is 44.1 Å². The first-order chi connectivity index (χ1) is 11.9. The second kappa shape index (κ2) is 6.44. The predicted molar refractivity (Wildman–Crippen MR) is 94.3 cm³/mol. The number of aromatic amines is 1. The molecule has 126 valence electrons. The fraction of sp³-hybridized carbons (Fsp3) is 0.0625. The first kappa shape index (κ1) is 16.8. The molecule has 3 rings (SSSR count). The van der Waals surface area contributed by atoms with Crippen molar-refractivity contribution in [2.45, 2.75) is 6.92 Å². The molecule has 0 saturated heterocycles. The highest BCUT2D eigenvalue weighted by Crippen LogP contribution is 2.38. The number of rotatable bonds is 3. The number of aromatic hydroxyl groups is 1. The molecule has 2 aromatic carbocycles. The highest BCUT2D eigenvalue weighted by molar-refractivity contribution is 9.10. The number of non-ortho nitro benzene ring substituents is 1. The molecule has 25 heavy (non-hydrogen) atoms. The summed E-state index contributed by atoms with van der Waals surface area (Å²) in [6, 6.07) is 8.81. The third-order valence-electron chi connectivity index (χ3n) is 3.57. The Labute approximate surface area is 149 Å². The first-order valence-corrected chi connectivity index (χ1v) is 7.87. The molecule has 0 fully saturated rings. The van der Waals surface area contributed by atoms with Crippen molar-refractivity contribution in [3.05, 3.63) is 62.1 Å². The van der Waals surface area contributed by atoms with Gasteiger partial charge in [0.25, 0.3) is 11.6 Å². The van der Waals surface area contributed by atoms with E-state index >= 15 is 0 Å². The Bertz CT molecular complexity index is 1040. The largest absolute Gasteiger partial charge is 0.493 e. The van der Waals surface area contributed by atoms with Gasteiger partial charge in [0.05, 0.1) is 16.0 Å². The van der Waals surface area contributed by atoms with E-state index in [0.717, 1.165) is 16.1 Å². The molecule has 3 aromatic rings. The number of hydrogen-bond donors (Lipinski definition) is 2. The Kier molecular flexibility index (Phi) is 4.32. The number of nitrogens with zero attached hydrogens (tertiary/aromatic N) is 3.